The Hall–Kier alpha value is -7.02. The Morgan fingerprint density at radius 2 is 0.750 bits per heavy atom. The number of nitro groups is 6. The van der Waals surface area contributed by atoms with Gasteiger partial charge in [0.15, 0.2) is 0 Å². The molecule has 26 nitrogen and oxygen atoms in total. The highest BCUT2D eigenvalue weighted by molar-refractivity contribution is 5.74. The summed E-state index contributed by atoms with van der Waals surface area (Å²) in [5.41, 5.74) is -9.11. The molecule has 0 unspecified atom stereocenters. The van der Waals surface area contributed by atoms with Crippen molar-refractivity contribution in [3.63, 3.8) is 0 Å². The van der Waals surface area contributed by atoms with Crippen molar-refractivity contribution in [3.8, 4) is 23.0 Å². The van der Waals surface area contributed by atoms with E-state index in [9.17, 15) is 60.7 Å². The van der Waals surface area contributed by atoms with Crippen LogP contribution in [-0.2, 0) is 0 Å². The van der Waals surface area contributed by atoms with Crippen LogP contribution < -0.4 is 0 Å². The van der Waals surface area contributed by atoms with Gasteiger partial charge < -0.3 is 0 Å². The Kier molecular flexibility index (Phi) is 6.16. The van der Waals surface area contributed by atoms with Crippen LogP contribution in [0.25, 0.3) is 23.0 Å². The monoisotopic (exact) mass is 560 g/mol. The third-order valence-electron chi connectivity index (χ3n) is 4.88. The minimum absolute atomic E-state index is 0.297. The van der Waals surface area contributed by atoms with E-state index >= 15 is 0 Å². The number of benzene rings is 2. The topological polar surface area (TPSA) is 346 Å². The molecule has 2 aromatic heterocycles. The first-order valence-corrected chi connectivity index (χ1v) is 9.63. The average Bonchev–Trinajstić information content (AvgIpc) is 3.56. The molecule has 0 radical (unpaired) electrons. The van der Waals surface area contributed by atoms with E-state index < -0.39 is 86.7 Å². The maximum absolute atomic E-state index is 11.7. The van der Waals surface area contributed by atoms with Crippen LogP contribution >= 0.6 is 0 Å². The summed E-state index contributed by atoms with van der Waals surface area (Å²) in [6, 6.07) is 1.46. The molecule has 0 amide bonds. The Morgan fingerprint density at radius 1 is 0.475 bits per heavy atom. The molecule has 0 fully saturated rings. The molecule has 0 N–H and O–H groups in total. The summed E-state index contributed by atoms with van der Waals surface area (Å²) in [5, 5.41) is 89.4. The lowest BCUT2D eigenvalue weighted by Gasteiger charge is -2.08. The number of tetrazole rings is 2. The average molecular weight is 560 g/mol. The maximum atomic E-state index is 11.7. The first-order valence-electron chi connectivity index (χ1n) is 9.63. The fourth-order valence-corrected chi connectivity index (χ4v) is 3.34. The summed E-state index contributed by atoms with van der Waals surface area (Å²) < 4.78 is 0.594. The number of rotatable bonds is 9. The normalized spacial score (nSPS) is 10.7. The highest BCUT2D eigenvalue weighted by Gasteiger charge is 2.38. The van der Waals surface area contributed by atoms with E-state index in [0.29, 0.717) is 33.6 Å². The molecule has 0 spiro atoms. The van der Waals surface area contributed by atoms with Gasteiger partial charge in [0.1, 0.15) is 0 Å². The lowest BCUT2D eigenvalue weighted by molar-refractivity contribution is -0.403. The summed E-state index contributed by atoms with van der Waals surface area (Å²) in [7, 11) is 0. The summed E-state index contributed by atoms with van der Waals surface area (Å²) in [6.45, 7) is 0. The lowest BCUT2D eigenvalue weighted by Crippen LogP contribution is -2.12. The van der Waals surface area contributed by atoms with E-state index in [1.165, 1.54) is 0 Å². The maximum Gasteiger partial charge on any atom is 0.309 e. The van der Waals surface area contributed by atoms with Crippen molar-refractivity contribution in [2.75, 3.05) is 0 Å². The van der Waals surface area contributed by atoms with Crippen LogP contribution in [0.4, 0.5) is 34.1 Å². The molecule has 40 heavy (non-hydrogen) atoms. The number of nitro benzene ring substituents is 6. The number of hydrogen-bond donors (Lipinski definition) is 0. The van der Waals surface area contributed by atoms with Gasteiger partial charge in [-0.3, -0.25) is 60.7 Å². The second kappa shape index (κ2) is 9.45. The van der Waals surface area contributed by atoms with Gasteiger partial charge in [-0.2, -0.15) is 9.36 Å². The molecule has 2 aromatic carbocycles. The van der Waals surface area contributed by atoms with E-state index in [2.05, 4.69) is 31.1 Å². The van der Waals surface area contributed by atoms with Gasteiger partial charge in [0.25, 0.3) is 11.4 Å². The molecule has 0 aliphatic carbocycles. The van der Waals surface area contributed by atoms with Gasteiger partial charge >= 0.3 is 22.7 Å². The second-order valence-electron chi connectivity index (χ2n) is 7.04. The van der Waals surface area contributed by atoms with Crippen LogP contribution in [0, 0.1) is 60.7 Å². The quantitative estimate of drug-likeness (QED) is 0.201. The second-order valence-corrected chi connectivity index (χ2v) is 7.04. The zero-order chi connectivity index (χ0) is 29.5. The van der Waals surface area contributed by atoms with E-state index in [1.54, 1.807) is 0 Å². The molecule has 202 valence electrons. The Bertz CT molecular complexity index is 1590. The number of hydrogen-bond acceptors (Lipinski definition) is 18. The van der Waals surface area contributed by atoms with Gasteiger partial charge in [0, 0.05) is 0 Å². The molecule has 0 aliphatic heterocycles. The van der Waals surface area contributed by atoms with E-state index in [-0.39, 0.29) is 0 Å². The first kappa shape index (κ1) is 26.1. The van der Waals surface area contributed by atoms with E-state index in [1.807, 2.05) is 0 Å². The fraction of sp³-hybridized carbons (Fsp3) is 0. The van der Waals surface area contributed by atoms with Crippen molar-refractivity contribution >= 4 is 34.1 Å². The highest BCUT2D eigenvalue weighted by atomic mass is 16.6. The minimum atomic E-state index is -1.24. The van der Waals surface area contributed by atoms with Crippen molar-refractivity contribution in [3.05, 3.63) is 85.0 Å². The zero-order valence-electron chi connectivity index (χ0n) is 18.5. The summed E-state index contributed by atoms with van der Waals surface area (Å²) >= 11 is 0. The lowest BCUT2D eigenvalue weighted by atomic mass is 10.2. The smallest absolute Gasteiger partial charge is 0.258 e. The largest absolute Gasteiger partial charge is 0.309 e. The van der Waals surface area contributed by atoms with Crippen molar-refractivity contribution < 1.29 is 29.5 Å². The molecule has 0 aliphatic rings. The van der Waals surface area contributed by atoms with Crippen LogP contribution in [0.5, 0.6) is 0 Å². The van der Waals surface area contributed by atoms with Crippen molar-refractivity contribution in [1.82, 2.24) is 40.4 Å². The number of nitrogens with zero attached hydrogens (tertiary/aromatic N) is 14. The molecular formula is C14H4N14O12. The van der Waals surface area contributed by atoms with Crippen LogP contribution in [0.3, 0.4) is 0 Å². The van der Waals surface area contributed by atoms with E-state index in [0.717, 1.165) is 0 Å². The van der Waals surface area contributed by atoms with Crippen LogP contribution in [0.1, 0.15) is 0 Å². The van der Waals surface area contributed by atoms with E-state index in [4.69, 9.17) is 0 Å². The zero-order valence-corrected chi connectivity index (χ0v) is 18.5. The van der Waals surface area contributed by atoms with Crippen molar-refractivity contribution in [2.45, 2.75) is 0 Å². The number of aromatic nitrogens is 8. The Labute approximate surface area is 212 Å². The van der Waals surface area contributed by atoms with Gasteiger partial charge in [-0.05, 0) is 20.9 Å². The molecule has 0 saturated carbocycles. The molecular weight excluding hydrogens is 556 g/mol. The Balaban J connectivity index is 2.07. The van der Waals surface area contributed by atoms with Crippen LogP contribution in [0.2, 0.25) is 0 Å². The summed E-state index contributed by atoms with van der Waals surface area (Å²) in [4.78, 5) is 62.0. The minimum Gasteiger partial charge on any atom is -0.258 e. The van der Waals surface area contributed by atoms with Gasteiger partial charge in [0.05, 0.1) is 53.8 Å². The SMILES string of the molecule is O=[N+]([O-])c1cc([N+](=O)[O-])c(-n2nnnc2-c2nnnn2-c2c([N+](=O)[O-])cc([N+](=O)[O-])cc2[N+](=O)[O-])c([N+](=O)[O-])c1. The number of non-ortho nitro benzene ring substituents is 2. The van der Waals surface area contributed by atoms with Crippen molar-refractivity contribution in [2.24, 2.45) is 0 Å². The van der Waals surface area contributed by atoms with Gasteiger partial charge in [0.2, 0.25) is 23.0 Å². The molecule has 2 heterocycles. The molecule has 0 bridgehead atoms. The van der Waals surface area contributed by atoms with Gasteiger partial charge in [-0.1, -0.05) is 0 Å². The molecule has 26 heteroatoms. The molecule has 4 aromatic rings. The molecule has 4 rings (SSSR count). The van der Waals surface area contributed by atoms with Gasteiger partial charge in [-0.25, -0.2) is 0 Å². The van der Waals surface area contributed by atoms with Crippen molar-refractivity contribution in [1.29, 1.82) is 0 Å². The summed E-state index contributed by atoms with van der Waals surface area (Å²) in [5.74, 6) is -1.65. The summed E-state index contributed by atoms with van der Waals surface area (Å²) in [6.07, 6.45) is 0. The van der Waals surface area contributed by atoms with Crippen LogP contribution in [0.15, 0.2) is 24.3 Å². The Morgan fingerprint density at radius 3 is 0.975 bits per heavy atom. The first-order chi connectivity index (χ1) is 18.8. The standard InChI is InChI=1S/C14H4N14O12/c29-23(30)5-1-7(25(33)34)11(8(2-5)26(35)36)21-13(15-17-19-21)14-16-18-20-22(14)12-9(27(37)38)3-6(24(31)32)4-10(12)28(39)40/h1-4H. The van der Waals surface area contributed by atoms with Crippen LogP contribution in [-0.4, -0.2) is 70.0 Å². The molecule has 0 saturated heterocycles. The third kappa shape index (κ3) is 4.25. The predicted octanol–water partition coefficient (Wildman–Crippen LogP) is 0.754. The fourth-order valence-electron chi connectivity index (χ4n) is 3.34. The molecule has 0 atom stereocenters. The third-order valence-corrected chi connectivity index (χ3v) is 4.88. The predicted molar refractivity (Wildman–Crippen MR) is 117 cm³/mol. The van der Waals surface area contributed by atoms with Gasteiger partial charge in [-0.15, -0.1) is 10.2 Å². The highest BCUT2D eigenvalue weighted by Crippen LogP contribution is 2.40.